The molecule has 0 spiro atoms. The molecule has 230 valence electrons. The number of hydrogen-bond acceptors (Lipinski definition) is 3. The molecule has 0 fully saturated rings. The molecule has 9 aromatic rings. The van der Waals surface area contributed by atoms with Gasteiger partial charge < -0.3 is 9.13 Å². The lowest BCUT2D eigenvalue weighted by atomic mass is 9.95. The van der Waals surface area contributed by atoms with Crippen LogP contribution in [0, 0.1) is 34.0 Å². The first-order valence-corrected chi connectivity index (χ1v) is 16.3. The lowest BCUT2D eigenvalue weighted by Gasteiger charge is -2.16. The number of rotatable bonds is 4. The van der Waals surface area contributed by atoms with E-state index in [1.165, 1.54) is 10.8 Å². The van der Waals surface area contributed by atoms with Crippen LogP contribution < -0.4 is 0 Å². The second-order valence-electron chi connectivity index (χ2n) is 12.3. The summed E-state index contributed by atoms with van der Waals surface area (Å²) in [4.78, 5) is 0. The summed E-state index contributed by atoms with van der Waals surface area (Å²) in [6.07, 6.45) is 0. The van der Waals surface area contributed by atoms with Crippen LogP contribution in [0.3, 0.4) is 0 Å². The fourth-order valence-corrected chi connectivity index (χ4v) is 7.38. The molecule has 0 aliphatic carbocycles. The first kappa shape index (κ1) is 28.8. The highest BCUT2D eigenvalue weighted by Crippen LogP contribution is 2.39. The SMILES string of the molecule is N#Cc1ccc2c(c1)c1ccc(C#N)cc1n2-c1ccc(-c2ccc(-c3c(C#N)cccc3-n3c4ccccc4c4ccccc43)cc2)cc1. The molecule has 7 aromatic carbocycles. The summed E-state index contributed by atoms with van der Waals surface area (Å²) >= 11 is 0. The van der Waals surface area contributed by atoms with Gasteiger partial charge in [0.25, 0.3) is 0 Å². The van der Waals surface area contributed by atoms with Crippen LogP contribution >= 0.6 is 0 Å². The number of aromatic nitrogens is 2. The Morgan fingerprint density at radius 1 is 0.380 bits per heavy atom. The van der Waals surface area contributed by atoms with Gasteiger partial charge in [0.2, 0.25) is 0 Å². The van der Waals surface area contributed by atoms with E-state index >= 15 is 0 Å². The summed E-state index contributed by atoms with van der Waals surface area (Å²) in [5, 5.41) is 33.7. The third kappa shape index (κ3) is 4.38. The Balaban J connectivity index is 1.13. The Hall–Kier alpha value is -7.39. The molecule has 0 atom stereocenters. The van der Waals surface area contributed by atoms with Crippen LogP contribution in [0.15, 0.2) is 152 Å². The molecule has 0 unspecified atom stereocenters. The minimum atomic E-state index is 0.582. The van der Waals surface area contributed by atoms with Crippen LogP contribution in [0.4, 0.5) is 0 Å². The highest BCUT2D eigenvalue weighted by molar-refractivity contribution is 6.11. The molecule has 0 aliphatic rings. The molecule has 2 aromatic heterocycles. The van der Waals surface area contributed by atoms with Crippen LogP contribution in [0.2, 0.25) is 0 Å². The van der Waals surface area contributed by atoms with Crippen LogP contribution in [0.5, 0.6) is 0 Å². The van der Waals surface area contributed by atoms with Gasteiger partial charge in [-0.1, -0.05) is 84.9 Å². The van der Waals surface area contributed by atoms with E-state index in [2.05, 4.69) is 130 Å². The number of benzene rings is 7. The molecule has 0 N–H and O–H groups in total. The van der Waals surface area contributed by atoms with Gasteiger partial charge in [-0.15, -0.1) is 0 Å². The van der Waals surface area contributed by atoms with Gasteiger partial charge in [-0.3, -0.25) is 0 Å². The molecule has 5 heteroatoms. The van der Waals surface area contributed by atoms with Gasteiger partial charge in [-0.2, -0.15) is 15.8 Å². The smallest absolute Gasteiger partial charge is 0.0998 e. The van der Waals surface area contributed by atoms with Crippen LogP contribution in [0.1, 0.15) is 16.7 Å². The molecule has 50 heavy (non-hydrogen) atoms. The number of nitrogens with zero attached hydrogens (tertiary/aromatic N) is 5. The Bertz CT molecular complexity index is 2890. The van der Waals surface area contributed by atoms with Crippen LogP contribution in [-0.4, -0.2) is 9.13 Å². The van der Waals surface area contributed by atoms with Gasteiger partial charge in [0.05, 0.1) is 62.7 Å². The number of hydrogen-bond donors (Lipinski definition) is 0. The van der Waals surface area contributed by atoms with E-state index in [0.717, 1.165) is 66.5 Å². The van der Waals surface area contributed by atoms with Gasteiger partial charge in [-0.05, 0) is 83.4 Å². The summed E-state index contributed by atoms with van der Waals surface area (Å²) in [6.45, 7) is 0. The largest absolute Gasteiger partial charge is 0.309 e. The minimum absolute atomic E-state index is 0.582. The van der Waals surface area contributed by atoms with Gasteiger partial charge >= 0.3 is 0 Å². The van der Waals surface area contributed by atoms with Crippen molar-refractivity contribution in [1.82, 2.24) is 9.13 Å². The zero-order valence-corrected chi connectivity index (χ0v) is 26.7. The fraction of sp³-hybridized carbons (Fsp3) is 0. The Morgan fingerprint density at radius 2 is 0.940 bits per heavy atom. The van der Waals surface area contributed by atoms with Crippen molar-refractivity contribution < 1.29 is 0 Å². The summed E-state index contributed by atoms with van der Waals surface area (Å²) in [7, 11) is 0. The van der Waals surface area contributed by atoms with E-state index in [1.807, 2.05) is 48.5 Å². The maximum atomic E-state index is 10.3. The minimum Gasteiger partial charge on any atom is -0.309 e. The maximum absolute atomic E-state index is 10.3. The van der Waals surface area contributed by atoms with Crippen molar-refractivity contribution in [3.63, 3.8) is 0 Å². The zero-order valence-electron chi connectivity index (χ0n) is 26.7. The zero-order chi connectivity index (χ0) is 33.8. The fourth-order valence-electron chi connectivity index (χ4n) is 7.38. The van der Waals surface area contributed by atoms with E-state index in [9.17, 15) is 15.8 Å². The summed E-state index contributed by atoms with van der Waals surface area (Å²) < 4.78 is 4.41. The monoisotopic (exact) mass is 635 g/mol. The number of para-hydroxylation sites is 2. The van der Waals surface area contributed by atoms with E-state index < -0.39 is 0 Å². The predicted octanol–water partition coefficient (Wildman–Crippen LogP) is 10.8. The molecule has 0 radical (unpaired) electrons. The molecular formula is C45H25N5. The second-order valence-corrected chi connectivity index (χ2v) is 12.3. The molecular weight excluding hydrogens is 611 g/mol. The lowest BCUT2D eigenvalue weighted by Crippen LogP contribution is -1.99. The molecule has 0 aliphatic heterocycles. The van der Waals surface area contributed by atoms with E-state index in [1.54, 1.807) is 0 Å². The second kappa shape index (κ2) is 11.4. The Labute approximate surface area is 287 Å². The Kier molecular flexibility index (Phi) is 6.56. The van der Waals surface area contributed by atoms with Crippen molar-refractivity contribution in [2.45, 2.75) is 0 Å². The van der Waals surface area contributed by atoms with Gasteiger partial charge in [0, 0.05) is 32.8 Å². The normalized spacial score (nSPS) is 11.1. The molecule has 0 saturated carbocycles. The van der Waals surface area contributed by atoms with Crippen molar-refractivity contribution in [3.8, 4) is 51.8 Å². The average Bonchev–Trinajstić information content (AvgIpc) is 3.69. The van der Waals surface area contributed by atoms with Crippen LogP contribution in [-0.2, 0) is 0 Å². The van der Waals surface area contributed by atoms with Gasteiger partial charge in [0.15, 0.2) is 0 Å². The van der Waals surface area contributed by atoms with Crippen molar-refractivity contribution in [2.24, 2.45) is 0 Å². The third-order valence-corrected chi connectivity index (χ3v) is 9.64. The van der Waals surface area contributed by atoms with Crippen molar-refractivity contribution in [2.75, 3.05) is 0 Å². The average molecular weight is 636 g/mol. The number of fused-ring (bicyclic) bond motifs is 6. The first-order chi connectivity index (χ1) is 24.7. The van der Waals surface area contributed by atoms with Gasteiger partial charge in [-0.25, -0.2) is 0 Å². The van der Waals surface area contributed by atoms with Crippen LogP contribution in [0.25, 0.3) is 77.2 Å². The maximum Gasteiger partial charge on any atom is 0.0998 e. The molecule has 0 amide bonds. The first-order valence-electron chi connectivity index (χ1n) is 16.3. The summed E-state index contributed by atoms with van der Waals surface area (Å²) in [5.41, 5.74) is 11.8. The molecule has 5 nitrogen and oxygen atoms in total. The molecule has 9 rings (SSSR count). The summed E-state index contributed by atoms with van der Waals surface area (Å²) in [5.74, 6) is 0. The lowest BCUT2D eigenvalue weighted by molar-refractivity contribution is 1.18. The third-order valence-electron chi connectivity index (χ3n) is 9.64. The summed E-state index contributed by atoms with van der Waals surface area (Å²) in [6, 6.07) is 57.9. The molecule has 0 bridgehead atoms. The Morgan fingerprint density at radius 3 is 1.60 bits per heavy atom. The van der Waals surface area contributed by atoms with E-state index in [0.29, 0.717) is 16.7 Å². The predicted molar refractivity (Wildman–Crippen MR) is 200 cm³/mol. The van der Waals surface area contributed by atoms with Crippen molar-refractivity contribution in [1.29, 1.82) is 15.8 Å². The number of nitriles is 3. The quantitative estimate of drug-likeness (QED) is 0.193. The highest BCUT2D eigenvalue weighted by atomic mass is 15.0. The topological polar surface area (TPSA) is 81.2 Å². The van der Waals surface area contributed by atoms with Gasteiger partial charge in [0.1, 0.15) is 0 Å². The molecule has 2 heterocycles. The van der Waals surface area contributed by atoms with E-state index in [-0.39, 0.29) is 0 Å². The highest BCUT2D eigenvalue weighted by Gasteiger charge is 2.18. The standard InChI is InChI=1S/C45H25N5/c46-26-29-13-23-42-39(24-29)38-22-12-30(27-47)25-44(38)49(42)35-20-18-32(19-21-35)31-14-16-33(17-15-31)45-34(28-48)6-5-11-43(45)50-40-9-3-1-7-36(40)37-8-2-4-10-41(37)50/h1-25H. The van der Waals surface area contributed by atoms with E-state index in [4.69, 9.17) is 0 Å². The molecule has 0 saturated heterocycles. The van der Waals surface area contributed by atoms with Crippen molar-refractivity contribution >= 4 is 43.6 Å². The van der Waals surface area contributed by atoms with Crippen molar-refractivity contribution in [3.05, 3.63) is 168 Å².